The van der Waals surface area contributed by atoms with Crippen molar-refractivity contribution < 1.29 is 27.1 Å². The summed E-state index contributed by atoms with van der Waals surface area (Å²) in [6, 6.07) is 0. The summed E-state index contributed by atoms with van der Waals surface area (Å²) in [5, 5.41) is 16.9. The van der Waals surface area contributed by atoms with Gasteiger partial charge in [0.25, 0.3) is 0 Å². The van der Waals surface area contributed by atoms with Crippen molar-refractivity contribution in [1.29, 1.82) is 0 Å². The van der Waals surface area contributed by atoms with Crippen LogP contribution in [0.3, 0.4) is 0 Å². The van der Waals surface area contributed by atoms with E-state index in [-0.39, 0.29) is 17.1 Å². The van der Waals surface area contributed by atoms with Crippen molar-refractivity contribution in [2.24, 2.45) is 0 Å². The molecule has 0 spiro atoms. The molecule has 2 aliphatic rings. The van der Waals surface area contributed by atoms with E-state index >= 15 is 0 Å². The average molecular weight is 230 g/mol. The second-order valence-corrected chi connectivity index (χ2v) is 2.62. The van der Waals surface area contributed by atoms with Crippen LogP contribution < -0.4 is 0 Å². The Bertz CT molecular complexity index is 257. The van der Waals surface area contributed by atoms with Crippen molar-refractivity contribution in [2.45, 2.75) is 12.8 Å². The quantitative estimate of drug-likeness (QED) is 0.520. The van der Waals surface area contributed by atoms with E-state index in [1.165, 1.54) is 0 Å². The van der Waals surface area contributed by atoms with Crippen LogP contribution in [-0.4, -0.2) is 17.2 Å². The first-order chi connectivity index (χ1) is 6.30. The topological polar surface area (TPSA) is 40.5 Å². The molecule has 0 aromatic heterocycles. The second-order valence-electron chi connectivity index (χ2n) is 2.62. The van der Waals surface area contributed by atoms with Gasteiger partial charge in [-0.1, -0.05) is 0 Å². The molecular formula is C10H11BFeO2. The van der Waals surface area contributed by atoms with Gasteiger partial charge in [0.05, 0.1) is 0 Å². The molecule has 74 valence electrons. The van der Waals surface area contributed by atoms with Crippen molar-refractivity contribution in [3.63, 3.8) is 0 Å². The van der Waals surface area contributed by atoms with Crippen molar-refractivity contribution in [1.82, 2.24) is 0 Å². The molecule has 0 saturated heterocycles. The molecule has 0 heterocycles. The van der Waals surface area contributed by atoms with Crippen molar-refractivity contribution in [3.8, 4) is 0 Å². The summed E-state index contributed by atoms with van der Waals surface area (Å²) in [6.07, 6.45) is 16.9. The first kappa shape index (κ1) is 13.5. The monoisotopic (exact) mass is 230 g/mol. The number of rotatable bonds is 1. The summed E-state index contributed by atoms with van der Waals surface area (Å²) >= 11 is 0. The minimum atomic E-state index is -1.34. The second kappa shape index (κ2) is 7.83. The van der Waals surface area contributed by atoms with Crippen LogP contribution >= 0.6 is 0 Å². The van der Waals surface area contributed by atoms with Gasteiger partial charge in [-0.3, -0.25) is 12.2 Å². The number of hydrogen-bond acceptors (Lipinski definition) is 2. The fraction of sp³-hybridized carbons (Fsp3) is 0.200. The van der Waals surface area contributed by atoms with Crippen LogP contribution in [0.5, 0.6) is 0 Å². The third kappa shape index (κ3) is 5.25. The molecule has 0 bridgehead atoms. The third-order valence-corrected chi connectivity index (χ3v) is 1.59. The summed E-state index contributed by atoms with van der Waals surface area (Å²) < 4.78 is 0. The number of hydrogen-bond donors (Lipinski definition) is 2. The maximum Gasteiger partial charge on any atom is 2.00 e. The van der Waals surface area contributed by atoms with Crippen LogP contribution in [0.1, 0.15) is 12.8 Å². The van der Waals surface area contributed by atoms with Gasteiger partial charge in [0.1, 0.15) is 0 Å². The first-order valence-corrected chi connectivity index (χ1v) is 4.16. The third-order valence-electron chi connectivity index (χ3n) is 1.59. The standard InChI is InChI=1S/C5H6BO2.C5H5.Fe/c7-6(8)5-3-1-2-4-5;1-2-4-5-3-1;/h1,3,7-8H,2H2;1-3H,4H2;/q2*-1;+2. The smallest absolute Gasteiger partial charge is 0.425 e. The van der Waals surface area contributed by atoms with E-state index in [1.54, 1.807) is 6.08 Å². The molecule has 0 aromatic rings. The van der Waals surface area contributed by atoms with Gasteiger partial charge < -0.3 is 10.0 Å². The zero-order valence-corrected chi connectivity index (χ0v) is 8.73. The predicted octanol–water partition coefficient (Wildman–Crippen LogP) is 0.991. The summed E-state index contributed by atoms with van der Waals surface area (Å²) in [5.41, 5.74) is 0.477. The molecule has 0 unspecified atom stereocenters. The van der Waals surface area contributed by atoms with Gasteiger partial charge in [-0.05, 0) is 0 Å². The molecule has 0 aliphatic heterocycles. The van der Waals surface area contributed by atoms with Gasteiger partial charge in [-0.15, -0.1) is 12.8 Å². The predicted molar refractivity (Wildman–Crippen MR) is 52.3 cm³/mol. The summed E-state index contributed by atoms with van der Waals surface area (Å²) in [7, 11) is -1.34. The molecule has 0 amide bonds. The van der Waals surface area contributed by atoms with E-state index in [2.05, 4.69) is 18.2 Å². The maximum atomic E-state index is 8.46. The fourth-order valence-electron chi connectivity index (χ4n) is 0.939. The fourth-order valence-corrected chi connectivity index (χ4v) is 0.939. The summed E-state index contributed by atoms with van der Waals surface area (Å²) in [4.78, 5) is 0. The van der Waals surface area contributed by atoms with Gasteiger partial charge in [-0.25, -0.2) is 18.2 Å². The van der Waals surface area contributed by atoms with E-state index in [0.717, 1.165) is 6.42 Å². The SMILES string of the molecule is OB(O)C1=[C-]CC=C1.[C-]1=CC=CC1.[Fe+2]. The van der Waals surface area contributed by atoms with Gasteiger partial charge in [0.15, 0.2) is 0 Å². The van der Waals surface area contributed by atoms with Gasteiger partial charge >= 0.3 is 24.2 Å². The van der Waals surface area contributed by atoms with Crippen LogP contribution in [0.25, 0.3) is 0 Å². The molecule has 0 atom stereocenters. The van der Waals surface area contributed by atoms with Crippen LogP contribution in [0.15, 0.2) is 35.9 Å². The van der Waals surface area contributed by atoms with E-state index < -0.39 is 7.12 Å². The van der Waals surface area contributed by atoms with E-state index in [1.807, 2.05) is 18.2 Å². The maximum absolute atomic E-state index is 8.46. The Balaban J connectivity index is 0.000000246. The van der Waals surface area contributed by atoms with Gasteiger partial charge in [0, 0.05) is 0 Å². The first-order valence-electron chi connectivity index (χ1n) is 4.16. The zero-order valence-electron chi connectivity index (χ0n) is 7.63. The van der Waals surface area contributed by atoms with Crippen LogP contribution in [0, 0.1) is 12.2 Å². The molecule has 14 heavy (non-hydrogen) atoms. The molecule has 0 radical (unpaired) electrons. The minimum Gasteiger partial charge on any atom is -0.425 e. The van der Waals surface area contributed by atoms with Gasteiger partial charge in [-0.2, -0.15) is 17.6 Å². The Morgan fingerprint density at radius 3 is 2.21 bits per heavy atom. The molecule has 0 saturated carbocycles. The van der Waals surface area contributed by atoms with E-state index in [9.17, 15) is 0 Å². The van der Waals surface area contributed by atoms with Crippen LogP contribution in [0.2, 0.25) is 0 Å². The van der Waals surface area contributed by atoms with Crippen LogP contribution in [0.4, 0.5) is 0 Å². The minimum absolute atomic E-state index is 0. The van der Waals surface area contributed by atoms with Crippen molar-refractivity contribution in [3.05, 3.63) is 48.0 Å². The Labute approximate surface area is 95.3 Å². The van der Waals surface area contributed by atoms with Crippen molar-refractivity contribution in [2.75, 3.05) is 0 Å². The normalized spacial score (nSPS) is 15.7. The summed E-state index contributed by atoms with van der Waals surface area (Å²) in [6.45, 7) is 0. The molecule has 2 aliphatic carbocycles. The number of allylic oxidation sites excluding steroid dienone is 8. The Morgan fingerprint density at radius 2 is 2.00 bits per heavy atom. The Kier molecular flexibility index (Phi) is 7.53. The molecule has 0 fully saturated rings. The molecule has 2 rings (SSSR count). The van der Waals surface area contributed by atoms with E-state index in [0.29, 0.717) is 11.9 Å². The Hall–Kier alpha value is -0.536. The molecule has 0 aromatic carbocycles. The van der Waals surface area contributed by atoms with E-state index in [4.69, 9.17) is 10.0 Å². The zero-order chi connectivity index (χ0) is 9.52. The average Bonchev–Trinajstić information content (AvgIpc) is 2.82. The van der Waals surface area contributed by atoms with Crippen LogP contribution in [-0.2, 0) is 17.1 Å². The Morgan fingerprint density at radius 1 is 1.21 bits per heavy atom. The molecule has 2 N–H and O–H groups in total. The molecular weight excluding hydrogens is 219 g/mol. The summed E-state index contributed by atoms with van der Waals surface area (Å²) in [5.74, 6) is 0. The molecule has 4 heteroatoms. The largest absolute Gasteiger partial charge is 2.00 e. The molecule has 2 nitrogen and oxygen atoms in total. The van der Waals surface area contributed by atoms with Crippen molar-refractivity contribution >= 4 is 7.12 Å². The van der Waals surface area contributed by atoms with Gasteiger partial charge in [0.2, 0.25) is 0 Å².